The Kier molecular flexibility index (Phi) is 6.47. The molecular formula is C19H28N2O5. The third kappa shape index (κ3) is 4.46. The Balaban J connectivity index is 0.000000228. The third-order valence-electron chi connectivity index (χ3n) is 5.12. The molecule has 1 aromatic rings. The van der Waals surface area contributed by atoms with Crippen LogP contribution in [-0.4, -0.2) is 43.3 Å². The first kappa shape index (κ1) is 20.0. The molecule has 1 aromatic carbocycles. The molecule has 0 amide bonds. The van der Waals surface area contributed by atoms with Crippen LogP contribution in [0.4, 0.5) is 5.69 Å². The highest BCUT2D eigenvalue weighted by Gasteiger charge is 2.39. The van der Waals surface area contributed by atoms with Crippen molar-refractivity contribution in [1.29, 1.82) is 0 Å². The summed E-state index contributed by atoms with van der Waals surface area (Å²) in [5.41, 5.74) is 6.33. The van der Waals surface area contributed by atoms with Gasteiger partial charge in [-0.3, -0.25) is 4.79 Å². The SMILES string of the molecule is COc1ccc(N[C@@H]2C(=O)O[C@H](C)[C@@H]2C)cc1.C[C@@H]1[C@H](N)C(=O)O[C@@H]1C. The van der Waals surface area contributed by atoms with Crippen molar-refractivity contribution in [2.45, 2.75) is 52.0 Å². The number of anilines is 1. The molecule has 2 heterocycles. The van der Waals surface area contributed by atoms with Gasteiger partial charge < -0.3 is 25.3 Å². The van der Waals surface area contributed by atoms with Crippen LogP contribution in [-0.2, 0) is 19.1 Å². The number of nitrogens with one attached hydrogen (secondary N) is 1. The topological polar surface area (TPSA) is 99.9 Å². The van der Waals surface area contributed by atoms with Crippen LogP contribution < -0.4 is 15.8 Å². The van der Waals surface area contributed by atoms with E-state index in [2.05, 4.69) is 5.32 Å². The molecule has 0 aliphatic carbocycles. The van der Waals surface area contributed by atoms with E-state index < -0.39 is 6.04 Å². The lowest BCUT2D eigenvalue weighted by Crippen LogP contribution is -2.31. The van der Waals surface area contributed by atoms with Crippen LogP contribution in [0.3, 0.4) is 0 Å². The van der Waals surface area contributed by atoms with Crippen molar-refractivity contribution < 1.29 is 23.8 Å². The summed E-state index contributed by atoms with van der Waals surface area (Å²) in [5, 5.41) is 3.19. The predicted octanol–water partition coefficient (Wildman–Crippen LogP) is 1.95. The van der Waals surface area contributed by atoms with Gasteiger partial charge in [-0.25, -0.2) is 4.79 Å². The van der Waals surface area contributed by atoms with Gasteiger partial charge in [0.2, 0.25) is 0 Å². The van der Waals surface area contributed by atoms with E-state index in [1.807, 2.05) is 52.0 Å². The minimum atomic E-state index is -0.403. The first-order valence-electron chi connectivity index (χ1n) is 8.81. The second-order valence-electron chi connectivity index (χ2n) is 6.88. The molecule has 0 bridgehead atoms. The van der Waals surface area contributed by atoms with Crippen LogP contribution in [0.1, 0.15) is 27.7 Å². The zero-order chi connectivity index (χ0) is 19.4. The van der Waals surface area contributed by atoms with Crippen LogP contribution in [0.2, 0.25) is 0 Å². The van der Waals surface area contributed by atoms with E-state index in [1.54, 1.807) is 7.11 Å². The van der Waals surface area contributed by atoms with Crippen molar-refractivity contribution in [2.24, 2.45) is 17.6 Å². The molecule has 3 rings (SSSR count). The standard InChI is InChI=1S/C13H17NO3.C6H11NO2/c1-8-9(2)17-13(15)12(8)14-10-4-6-11(16-3)7-5-10;1-3-4(2)9-6(8)5(3)7/h4-9,12,14H,1-3H3;3-5H,7H2,1-2H3/t8-,9+,12-;3-,4+,5-/m00/s1. The molecule has 0 spiro atoms. The Morgan fingerprint density at radius 3 is 1.81 bits per heavy atom. The summed E-state index contributed by atoms with van der Waals surface area (Å²) in [6.07, 6.45) is -0.0363. The van der Waals surface area contributed by atoms with Gasteiger partial charge in [0, 0.05) is 17.5 Å². The van der Waals surface area contributed by atoms with Crippen molar-refractivity contribution in [2.75, 3.05) is 12.4 Å². The fourth-order valence-electron chi connectivity index (χ4n) is 2.78. The quantitative estimate of drug-likeness (QED) is 0.791. The minimum absolute atomic E-state index is 0.00694. The molecule has 6 atom stereocenters. The van der Waals surface area contributed by atoms with E-state index in [-0.39, 0.29) is 42.0 Å². The van der Waals surface area contributed by atoms with E-state index in [0.717, 1.165) is 11.4 Å². The fraction of sp³-hybridized carbons (Fsp3) is 0.579. The summed E-state index contributed by atoms with van der Waals surface area (Å²) in [5.74, 6) is 0.684. The van der Waals surface area contributed by atoms with Gasteiger partial charge in [0.25, 0.3) is 0 Å². The Bertz CT molecular complexity index is 633. The number of rotatable bonds is 3. The average molecular weight is 364 g/mol. The maximum atomic E-state index is 11.6. The zero-order valence-corrected chi connectivity index (χ0v) is 15.9. The summed E-state index contributed by atoms with van der Waals surface area (Å²) < 4.78 is 15.1. The van der Waals surface area contributed by atoms with Crippen molar-refractivity contribution in [3.05, 3.63) is 24.3 Å². The highest BCUT2D eigenvalue weighted by atomic mass is 16.6. The molecule has 2 saturated heterocycles. The lowest BCUT2D eigenvalue weighted by atomic mass is 10.00. The first-order chi connectivity index (χ1) is 12.2. The molecule has 0 unspecified atom stereocenters. The monoisotopic (exact) mass is 364 g/mol. The molecule has 2 aliphatic rings. The molecule has 7 nitrogen and oxygen atoms in total. The third-order valence-corrected chi connectivity index (χ3v) is 5.12. The number of ether oxygens (including phenoxy) is 3. The number of methoxy groups -OCH3 is 1. The van der Waals surface area contributed by atoms with Crippen molar-refractivity contribution in [3.63, 3.8) is 0 Å². The van der Waals surface area contributed by atoms with Crippen LogP contribution >= 0.6 is 0 Å². The molecule has 0 saturated carbocycles. The van der Waals surface area contributed by atoms with Crippen molar-refractivity contribution >= 4 is 17.6 Å². The molecule has 0 aromatic heterocycles. The lowest BCUT2D eigenvalue weighted by Gasteiger charge is -2.16. The summed E-state index contributed by atoms with van der Waals surface area (Å²) in [4.78, 5) is 22.3. The Morgan fingerprint density at radius 2 is 1.46 bits per heavy atom. The van der Waals surface area contributed by atoms with Crippen LogP contribution in [0, 0.1) is 11.8 Å². The second-order valence-corrected chi connectivity index (χ2v) is 6.88. The van der Waals surface area contributed by atoms with Crippen molar-refractivity contribution in [3.8, 4) is 5.75 Å². The van der Waals surface area contributed by atoms with Gasteiger partial charge in [-0.2, -0.15) is 0 Å². The smallest absolute Gasteiger partial charge is 0.329 e. The largest absolute Gasteiger partial charge is 0.497 e. The van der Waals surface area contributed by atoms with Crippen LogP contribution in [0.25, 0.3) is 0 Å². The Morgan fingerprint density at radius 1 is 0.923 bits per heavy atom. The number of hydrogen-bond acceptors (Lipinski definition) is 7. The van der Waals surface area contributed by atoms with Gasteiger partial charge in [-0.15, -0.1) is 0 Å². The van der Waals surface area contributed by atoms with Crippen molar-refractivity contribution in [1.82, 2.24) is 0 Å². The van der Waals surface area contributed by atoms with Crippen LogP contribution in [0.5, 0.6) is 5.75 Å². The molecule has 26 heavy (non-hydrogen) atoms. The fourth-order valence-corrected chi connectivity index (χ4v) is 2.78. The number of carbonyl (C=O) groups excluding carboxylic acids is 2. The van der Waals surface area contributed by atoms with Gasteiger partial charge in [-0.1, -0.05) is 13.8 Å². The van der Waals surface area contributed by atoms with E-state index in [9.17, 15) is 9.59 Å². The van der Waals surface area contributed by atoms with Crippen LogP contribution in [0.15, 0.2) is 24.3 Å². The molecule has 2 fully saturated rings. The number of esters is 2. The highest BCUT2D eigenvalue weighted by Crippen LogP contribution is 2.26. The predicted molar refractivity (Wildman–Crippen MR) is 97.8 cm³/mol. The lowest BCUT2D eigenvalue weighted by molar-refractivity contribution is -0.142. The summed E-state index contributed by atoms with van der Waals surface area (Å²) in [6, 6.07) is 6.83. The molecule has 7 heteroatoms. The second kappa shape index (κ2) is 8.40. The first-order valence-corrected chi connectivity index (χ1v) is 8.81. The summed E-state index contributed by atoms with van der Waals surface area (Å²) in [7, 11) is 1.63. The highest BCUT2D eigenvalue weighted by molar-refractivity contribution is 5.82. The van der Waals surface area contributed by atoms with E-state index in [4.69, 9.17) is 19.9 Å². The maximum absolute atomic E-state index is 11.6. The Labute approximate surface area is 154 Å². The van der Waals surface area contributed by atoms with Gasteiger partial charge in [0.1, 0.15) is 30.0 Å². The van der Waals surface area contributed by atoms with Gasteiger partial charge >= 0.3 is 11.9 Å². The molecule has 2 aliphatic heterocycles. The van der Waals surface area contributed by atoms with E-state index >= 15 is 0 Å². The summed E-state index contributed by atoms with van der Waals surface area (Å²) in [6.45, 7) is 7.70. The zero-order valence-electron chi connectivity index (χ0n) is 15.9. The Hall–Kier alpha value is -2.28. The molecule has 3 N–H and O–H groups in total. The van der Waals surface area contributed by atoms with Gasteiger partial charge in [-0.05, 0) is 38.1 Å². The number of cyclic esters (lactones) is 2. The number of benzene rings is 1. The molecular weight excluding hydrogens is 336 g/mol. The van der Waals surface area contributed by atoms with Gasteiger partial charge in [0.15, 0.2) is 0 Å². The minimum Gasteiger partial charge on any atom is -0.497 e. The molecule has 0 radical (unpaired) electrons. The number of hydrogen-bond donors (Lipinski definition) is 2. The number of nitrogens with two attached hydrogens (primary N) is 1. The molecule has 144 valence electrons. The maximum Gasteiger partial charge on any atom is 0.329 e. The van der Waals surface area contributed by atoms with E-state index in [0.29, 0.717) is 0 Å². The summed E-state index contributed by atoms with van der Waals surface area (Å²) >= 11 is 0. The van der Waals surface area contributed by atoms with E-state index in [1.165, 1.54) is 0 Å². The number of carbonyl (C=O) groups is 2. The average Bonchev–Trinajstić information content (AvgIpc) is 2.99. The normalized spacial score (nSPS) is 33.0. The van der Waals surface area contributed by atoms with Gasteiger partial charge in [0.05, 0.1) is 7.11 Å².